The normalized spacial score (nSPS) is 10.8. The van der Waals surface area contributed by atoms with Crippen molar-refractivity contribution in [1.82, 2.24) is 9.78 Å². The summed E-state index contributed by atoms with van der Waals surface area (Å²) < 4.78 is 3.06. The lowest BCUT2D eigenvalue weighted by molar-refractivity contribution is 0.619. The number of aryl methyl sites for hydroxylation is 3. The molecule has 0 aliphatic carbocycles. The van der Waals surface area contributed by atoms with Gasteiger partial charge in [0.15, 0.2) is 0 Å². The molecule has 0 bridgehead atoms. The maximum atomic E-state index is 6.41. The molecular weight excluding hydrogens is 338 g/mol. The molecule has 1 heterocycles. The summed E-state index contributed by atoms with van der Waals surface area (Å²) in [6.07, 6.45) is 0.854. The van der Waals surface area contributed by atoms with E-state index in [-0.39, 0.29) is 0 Å². The first kappa shape index (κ1) is 15.4. The van der Waals surface area contributed by atoms with Gasteiger partial charge < -0.3 is 5.32 Å². The number of benzene rings is 1. The minimum absolute atomic E-state index is 0.668. The molecule has 2 aromatic rings. The fraction of sp³-hybridized carbons (Fsp3) is 0.400. The van der Waals surface area contributed by atoms with Gasteiger partial charge in [0.25, 0.3) is 0 Å². The number of nitrogens with zero attached hydrogens (tertiary/aromatic N) is 2. The van der Waals surface area contributed by atoms with Gasteiger partial charge in [-0.1, -0.05) is 30.7 Å². The molecule has 3 nitrogen and oxygen atoms in total. The SMILES string of the molecule is CCc1nn(CC)c(CNc2cccc(C)c2Br)c1Cl. The largest absolute Gasteiger partial charge is 0.378 e. The number of aromatic nitrogens is 2. The van der Waals surface area contributed by atoms with Crippen molar-refractivity contribution >= 4 is 33.2 Å². The molecule has 1 aromatic carbocycles. The summed E-state index contributed by atoms with van der Waals surface area (Å²) >= 11 is 10.0. The zero-order chi connectivity index (χ0) is 14.7. The van der Waals surface area contributed by atoms with Crippen LogP contribution in [0.25, 0.3) is 0 Å². The number of hydrogen-bond donors (Lipinski definition) is 1. The van der Waals surface area contributed by atoms with E-state index in [2.05, 4.69) is 59.2 Å². The van der Waals surface area contributed by atoms with Crippen LogP contribution in [0, 0.1) is 6.92 Å². The van der Waals surface area contributed by atoms with Crippen molar-refractivity contribution < 1.29 is 0 Å². The van der Waals surface area contributed by atoms with Gasteiger partial charge in [0.05, 0.1) is 23.0 Å². The predicted octanol–water partition coefficient (Wildman–Crippen LogP) is 4.80. The third-order valence-electron chi connectivity index (χ3n) is 3.33. The van der Waals surface area contributed by atoms with E-state index in [0.717, 1.165) is 39.5 Å². The smallest absolute Gasteiger partial charge is 0.0868 e. The second-order valence-corrected chi connectivity index (χ2v) is 5.84. The number of halogens is 2. The number of nitrogens with one attached hydrogen (secondary N) is 1. The first-order valence-electron chi connectivity index (χ1n) is 6.81. The van der Waals surface area contributed by atoms with Gasteiger partial charge in [0.2, 0.25) is 0 Å². The predicted molar refractivity (Wildman–Crippen MR) is 88.5 cm³/mol. The lowest BCUT2D eigenvalue weighted by Crippen LogP contribution is -2.08. The van der Waals surface area contributed by atoms with Gasteiger partial charge in [0, 0.05) is 16.7 Å². The Morgan fingerprint density at radius 1 is 1.35 bits per heavy atom. The number of hydrogen-bond acceptors (Lipinski definition) is 2. The van der Waals surface area contributed by atoms with E-state index < -0.39 is 0 Å². The van der Waals surface area contributed by atoms with Gasteiger partial charge in [-0.15, -0.1) is 0 Å². The fourth-order valence-corrected chi connectivity index (χ4v) is 2.89. The number of anilines is 1. The van der Waals surface area contributed by atoms with Crippen LogP contribution in [0.15, 0.2) is 22.7 Å². The fourth-order valence-electron chi connectivity index (χ4n) is 2.15. The van der Waals surface area contributed by atoms with Crippen LogP contribution in [0.3, 0.4) is 0 Å². The molecule has 20 heavy (non-hydrogen) atoms. The lowest BCUT2D eigenvalue weighted by Gasteiger charge is -2.11. The highest BCUT2D eigenvalue weighted by Gasteiger charge is 2.14. The van der Waals surface area contributed by atoms with Crippen LogP contribution < -0.4 is 5.32 Å². The Morgan fingerprint density at radius 3 is 2.75 bits per heavy atom. The van der Waals surface area contributed by atoms with Crippen LogP contribution in [-0.4, -0.2) is 9.78 Å². The number of rotatable bonds is 5. The lowest BCUT2D eigenvalue weighted by atomic mass is 10.2. The van der Waals surface area contributed by atoms with Crippen LogP contribution >= 0.6 is 27.5 Å². The summed E-state index contributed by atoms with van der Waals surface area (Å²) in [4.78, 5) is 0. The first-order valence-corrected chi connectivity index (χ1v) is 7.98. The van der Waals surface area contributed by atoms with E-state index in [9.17, 15) is 0 Å². The summed E-state index contributed by atoms with van der Waals surface area (Å²) in [7, 11) is 0. The van der Waals surface area contributed by atoms with Crippen molar-refractivity contribution in [3.63, 3.8) is 0 Å². The molecule has 0 radical (unpaired) electrons. The van der Waals surface area contributed by atoms with E-state index in [0.29, 0.717) is 6.54 Å². The van der Waals surface area contributed by atoms with Crippen LogP contribution in [0.2, 0.25) is 5.02 Å². The van der Waals surface area contributed by atoms with E-state index in [4.69, 9.17) is 11.6 Å². The minimum Gasteiger partial charge on any atom is -0.378 e. The molecule has 0 atom stereocenters. The van der Waals surface area contributed by atoms with Crippen molar-refractivity contribution in [3.8, 4) is 0 Å². The molecule has 0 saturated carbocycles. The van der Waals surface area contributed by atoms with Crippen molar-refractivity contribution in [2.75, 3.05) is 5.32 Å². The molecule has 0 aliphatic rings. The van der Waals surface area contributed by atoms with Crippen LogP contribution in [0.4, 0.5) is 5.69 Å². The van der Waals surface area contributed by atoms with Gasteiger partial charge in [-0.3, -0.25) is 4.68 Å². The molecule has 1 N–H and O–H groups in total. The topological polar surface area (TPSA) is 29.9 Å². The summed E-state index contributed by atoms with van der Waals surface area (Å²) in [6, 6.07) is 6.17. The first-order chi connectivity index (χ1) is 9.58. The van der Waals surface area contributed by atoms with E-state index >= 15 is 0 Å². The van der Waals surface area contributed by atoms with E-state index in [1.165, 1.54) is 5.56 Å². The Bertz CT molecular complexity index is 607. The molecule has 0 spiro atoms. The van der Waals surface area contributed by atoms with Crippen LogP contribution in [-0.2, 0) is 19.5 Å². The molecule has 0 amide bonds. The zero-order valence-corrected chi connectivity index (χ0v) is 14.3. The second-order valence-electron chi connectivity index (χ2n) is 4.67. The summed E-state index contributed by atoms with van der Waals surface area (Å²) in [6.45, 7) is 7.72. The molecule has 0 fully saturated rings. The maximum Gasteiger partial charge on any atom is 0.0868 e. The standard InChI is InChI=1S/C15H19BrClN3/c1-4-11-15(17)13(20(5-2)19-11)9-18-12-8-6-7-10(3)14(12)16/h6-8,18H,4-5,9H2,1-3H3. The highest BCUT2D eigenvalue weighted by Crippen LogP contribution is 2.28. The Hall–Kier alpha value is -1.000. The van der Waals surface area contributed by atoms with Gasteiger partial charge in [-0.25, -0.2) is 0 Å². The molecule has 5 heteroatoms. The second kappa shape index (κ2) is 6.64. The van der Waals surface area contributed by atoms with E-state index in [1.807, 2.05) is 10.7 Å². The summed E-state index contributed by atoms with van der Waals surface area (Å²) in [5, 5.41) is 8.75. The van der Waals surface area contributed by atoms with Crippen LogP contribution in [0.1, 0.15) is 30.8 Å². The maximum absolute atomic E-state index is 6.41. The average molecular weight is 357 g/mol. The highest BCUT2D eigenvalue weighted by molar-refractivity contribution is 9.10. The zero-order valence-electron chi connectivity index (χ0n) is 12.0. The van der Waals surface area contributed by atoms with E-state index in [1.54, 1.807) is 0 Å². The van der Waals surface area contributed by atoms with Gasteiger partial charge in [0.1, 0.15) is 0 Å². The van der Waals surface area contributed by atoms with Gasteiger partial charge in [-0.2, -0.15) is 5.10 Å². The molecule has 1 aromatic heterocycles. The molecule has 0 aliphatic heterocycles. The Kier molecular flexibility index (Phi) is 5.11. The van der Waals surface area contributed by atoms with Crippen molar-refractivity contribution in [3.05, 3.63) is 44.6 Å². The quantitative estimate of drug-likeness (QED) is 0.834. The van der Waals surface area contributed by atoms with Crippen molar-refractivity contribution in [1.29, 1.82) is 0 Å². The van der Waals surface area contributed by atoms with Crippen LogP contribution in [0.5, 0.6) is 0 Å². The Labute approximate surface area is 133 Å². The molecule has 108 valence electrons. The average Bonchev–Trinajstić information content (AvgIpc) is 2.76. The Morgan fingerprint density at radius 2 is 2.10 bits per heavy atom. The van der Waals surface area contributed by atoms with Crippen molar-refractivity contribution in [2.45, 2.75) is 40.3 Å². The third-order valence-corrected chi connectivity index (χ3v) is 4.82. The highest BCUT2D eigenvalue weighted by atomic mass is 79.9. The third kappa shape index (κ3) is 3.01. The molecule has 0 unspecified atom stereocenters. The minimum atomic E-state index is 0.668. The summed E-state index contributed by atoms with van der Waals surface area (Å²) in [5.74, 6) is 0. The Balaban J connectivity index is 2.22. The van der Waals surface area contributed by atoms with Crippen molar-refractivity contribution in [2.24, 2.45) is 0 Å². The molecule has 0 saturated heterocycles. The molecule has 2 rings (SSSR count). The van der Waals surface area contributed by atoms with Gasteiger partial charge in [-0.05, 0) is 47.8 Å². The molecular formula is C15H19BrClN3. The van der Waals surface area contributed by atoms with Gasteiger partial charge >= 0.3 is 0 Å². The monoisotopic (exact) mass is 355 g/mol. The summed E-state index contributed by atoms with van der Waals surface area (Å²) in [5.41, 5.74) is 4.29.